The van der Waals surface area contributed by atoms with Crippen LogP contribution in [-0.2, 0) is 4.79 Å². The van der Waals surface area contributed by atoms with Crippen LogP contribution in [0.5, 0.6) is 0 Å². The lowest BCUT2D eigenvalue weighted by molar-refractivity contribution is -0.142. The van der Waals surface area contributed by atoms with Gasteiger partial charge in [0.15, 0.2) is 6.04 Å². The summed E-state index contributed by atoms with van der Waals surface area (Å²) in [6, 6.07) is -0.681. The molecule has 12 heavy (non-hydrogen) atoms. The van der Waals surface area contributed by atoms with Crippen molar-refractivity contribution < 1.29 is 9.90 Å². The molecule has 66 valence electrons. The molecule has 0 radical (unpaired) electrons. The highest BCUT2D eigenvalue weighted by Crippen LogP contribution is 2.14. The van der Waals surface area contributed by atoms with E-state index >= 15 is 0 Å². The van der Waals surface area contributed by atoms with Gasteiger partial charge in [-0.1, -0.05) is 13.8 Å². The second-order valence-corrected chi connectivity index (χ2v) is 2.82. The van der Waals surface area contributed by atoms with Gasteiger partial charge in [0.05, 0.1) is 0 Å². The van der Waals surface area contributed by atoms with Gasteiger partial charge in [0.2, 0.25) is 0 Å². The molecular formula is C6H10N4O2. The van der Waals surface area contributed by atoms with Crippen molar-refractivity contribution in [3.63, 3.8) is 0 Å². The Morgan fingerprint density at radius 3 is 2.58 bits per heavy atom. The first-order valence-electron chi connectivity index (χ1n) is 3.58. The van der Waals surface area contributed by atoms with Gasteiger partial charge in [0, 0.05) is 0 Å². The third-order valence-corrected chi connectivity index (χ3v) is 1.53. The summed E-state index contributed by atoms with van der Waals surface area (Å²) < 4.78 is 1.24. The van der Waals surface area contributed by atoms with E-state index in [9.17, 15) is 4.79 Å². The number of tetrazole rings is 1. The maximum Gasteiger partial charge on any atom is 0.328 e. The average Bonchev–Trinajstić information content (AvgIpc) is 2.37. The third kappa shape index (κ3) is 1.58. The maximum absolute atomic E-state index is 10.7. The summed E-state index contributed by atoms with van der Waals surface area (Å²) in [5.41, 5.74) is 0. The van der Waals surface area contributed by atoms with Crippen LogP contribution in [-0.4, -0.2) is 31.3 Å². The minimum Gasteiger partial charge on any atom is -0.480 e. The first kappa shape index (κ1) is 8.63. The van der Waals surface area contributed by atoms with Crippen molar-refractivity contribution in [2.24, 2.45) is 5.92 Å². The molecule has 1 aromatic heterocycles. The number of carboxylic acids is 1. The fraction of sp³-hybridized carbons (Fsp3) is 0.667. The average molecular weight is 170 g/mol. The summed E-state index contributed by atoms with van der Waals surface area (Å²) in [6.45, 7) is 3.61. The molecule has 0 aromatic carbocycles. The molecular weight excluding hydrogens is 160 g/mol. The standard InChI is InChI=1S/C6H10N4O2/c1-4(2)5(6(11)12)10-3-7-8-9-10/h3-5H,1-2H3,(H,11,12)/t5-/m1/s1. The molecule has 1 heterocycles. The highest BCUT2D eigenvalue weighted by Gasteiger charge is 2.24. The fourth-order valence-electron chi connectivity index (χ4n) is 1.000. The van der Waals surface area contributed by atoms with E-state index < -0.39 is 12.0 Å². The molecule has 0 unspecified atom stereocenters. The Morgan fingerprint density at radius 2 is 2.25 bits per heavy atom. The maximum atomic E-state index is 10.7. The van der Waals surface area contributed by atoms with Gasteiger partial charge >= 0.3 is 5.97 Å². The van der Waals surface area contributed by atoms with Crippen LogP contribution < -0.4 is 0 Å². The Kier molecular flexibility index (Phi) is 2.37. The molecule has 0 saturated heterocycles. The minimum atomic E-state index is -0.919. The summed E-state index contributed by atoms with van der Waals surface area (Å²) in [4.78, 5) is 10.7. The smallest absolute Gasteiger partial charge is 0.328 e. The normalized spacial score (nSPS) is 13.2. The zero-order valence-electron chi connectivity index (χ0n) is 6.88. The highest BCUT2D eigenvalue weighted by molar-refractivity contribution is 5.71. The Balaban J connectivity index is 2.88. The lowest BCUT2D eigenvalue weighted by Crippen LogP contribution is -2.24. The summed E-state index contributed by atoms with van der Waals surface area (Å²) in [7, 11) is 0. The van der Waals surface area contributed by atoms with Crippen LogP contribution >= 0.6 is 0 Å². The second kappa shape index (κ2) is 3.29. The zero-order valence-corrected chi connectivity index (χ0v) is 6.88. The molecule has 6 nitrogen and oxygen atoms in total. The van der Waals surface area contributed by atoms with Gasteiger partial charge in [0.1, 0.15) is 6.33 Å². The van der Waals surface area contributed by atoms with Crippen LogP contribution in [0, 0.1) is 5.92 Å². The molecule has 0 aliphatic heterocycles. The number of rotatable bonds is 3. The predicted molar refractivity (Wildman–Crippen MR) is 39.3 cm³/mol. The van der Waals surface area contributed by atoms with Crippen LogP contribution in [0.15, 0.2) is 6.33 Å². The quantitative estimate of drug-likeness (QED) is 0.688. The Hall–Kier alpha value is -1.46. The molecule has 0 spiro atoms. The Morgan fingerprint density at radius 1 is 1.58 bits per heavy atom. The molecule has 0 aliphatic carbocycles. The van der Waals surface area contributed by atoms with Gasteiger partial charge in [-0.25, -0.2) is 9.48 Å². The molecule has 0 bridgehead atoms. The van der Waals surface area contributed by atoms with Crippen molar-refractivity contribution in [3.05, 3.63) is 6.33 Å². The molecule has 1 atom stereocenters. The number of aromatic nitrogens is 4. The molecule has 6 heteroatoms. The Bertz CT molecular complexity index is 257. The van der Waals surface area contributed by atoms with E-state index in [-0.39, 0.29) is 5.92 Å². The number of aliphatic carboxylic acids is 1. The largest absolute Gasteiger partial charge is 0.480 e. The third-order valence-electron chi connectivity index (χ3n) is 1.53. The SMILES string of the molecule is CC(C)[C@H](C(=O)O)n1cnnn1. The van der Waals surface area contributed by atoms with Gasteiger partial charge in [-0.3, -0.25) is 0 Å². The van der Waals surface area contributed by atoms with Crippen molar-refractivity contribution in [1.82, 2.24) is 20.2 Å². The molecule has 0 aliphatic rings. The number of carboxylic acid groups (broad SMARTS) is 1. The van der Waals surface area contributed by atoms with E-state index in [1.54, 1.807) is 13.8 Å². The second-order valence-electron chi connectivity index (χ2n) is 2.82. The van der Waals surface area contributed by atoms with Crippen molar-refractivity contribution in [3.8, 4) is 0 Å². The van der Waals surface area contributed by atoms with Crippen LogP contribution in [0.3, 0.4) is 0 Å². The van der Waals surface area contributed by atoms with Crippen LogP contribution in [0.2, 0.25) is 0 Å². The van der Waals surface area contributed by atoms with E-state index in [0.29, 0.717) is 0 Å². The topological polar surface area (TPSA) is 80.9 Å². The minimum absolute atomic E-state index is 0.0361. The van der Waals surface area contributed by atoms with Gasteiger partial charge < -0.3 is 5.11 Å². The van der Waals surface area contributed by atoms with Crippen molar-refractivity contribution in [1.29, 1.82) is 0 Å². The summed E-state index contributed by atoms with van der Waals surface area (Å²) in [6.07, 6.45) is 1.30. The molecule has 1 rings (SSSR count). The number of hydrogen-bond acceptors (Lipinski definition) is 4. The highest BCUT2D eigenvalue weighted by atomic mass is 16.4. The van der Waals surface area contributed by atoms with Crippen molar-refractivity contribution >= 4 is 5.97 Å². The molecule has 0 saturated carbocycles. The number of nitrogens with zero attached hydrogens (tertiary/aromatic N) is 4. The molecule has 0 amide bonds. The van der Waals surface area contributed by atoms with Gasteiger partial charge in [-0.2, -0.15) is 0 Å². The van der Waals surface area contributed by atoms with Crippen molar-refractivity contribution in [2.75, 3.05) is 0 Å². The summed E-state index contributed by atoms with van der Waals surface area (Å²) >= 11 is 0. The monoisotopic (exact) mass is 170 g/mol. The summed E-state index contributed by atoms with van der Waals surface area (Å²) in [5, 5.41) is 19.1. The van der Waals surface area contributed by atoms with Gasteiger partial charge in [-0.15, -0.1) is 5.10 Å². The van der Waals surface area contributed by atoms with Crippen LogP contribution in [0.25, 0.3) is 0 Å². The lowest BCUT2D eigenvalue weighted by Gasteiger charge is -2.14. The van der Waals surface area contributed by atoms with E-state index in [4.69, 9.17) is 5.11 Å². The van der Waals surface area contributed by atoms with E-state index in [1.165, 1.54) is 11.0 Å². The zero-order chi connectivity index (χ0) is 9.14. The van der Waals surface area contributed by atoms with Gasteiger partial charge in [0.25, 0.3) is 0 Å². The number of hydrogen-bond donors (Lipinski definition) is 1. The molecule has 0 fully saturated rings. The van der Waals surface area contributed by atoms with Crippen LogP contribution in [0.1, 0.15) is 19.9 Å². The predicted octanol–water partition coefficient (Wildman–Crippen LogP) is -0.0452. The van der Waals surface area contributed by atoms with E-state index in [1.807, 2.05) is 0 Å². The molecule has 1 N–H and O–H groups in total. The fourth-order valence-corrected chi connectivity index (χ4v) is 1.000. The van der Waals surface area contributed by atoms with Crippen molar-refractivity contribution in [2.45, 2.75) is 19.9 Å². The first-order valence-corrected chi connectivity index (χ1v) is 3.58. The first-order chi connectivity index (χ1) is 5.63. The van der Waals surface area contributed by atoms with E-state index in [0.717, 1.165) is 0 Å². The molecule has 1 aromatic rings. The van der Waals surface area contributed by atoms with E-state index in [2.05, 4.69) is 15.5 Å². The van der Waals surface area contributed by atoms with Gasteiger partial charge in [-0.05, 0) is 16.3 Å². The summed E-state index contributed by atoms with van der Waals surface area (Å²) in [5.74, 6) is -0.955. The van der Waals surface area contributed by atoms with Crippen LogP contribution in [0.4, 0.5) is 0 Å². The lowest BCUT2D eigenvalue weighted by atomic mass is 10.1. The number of carbonyl (C=O) groups is 1. The Labute approximate surface area is 69.2 Å².